The van der Waals surface area contributed by atoms with Crippen LogP contribution in [0.25, 0.3) is 0 Å². The van der Waals surface area contributed by atoms with Crippen molar-refractivity contribution in [2.24, 2.45) is 11.7 Å². The molecule has 4 nitrogen and oxygen atoms in total. The molecule has 2 rings (SSSR count). The zero-order valence-electron chi connectivity index (χ0n) is 11.4. The number of rotatable bonds is 7. The standard InChI is InChI=1S/C15H20N2O2S/c16-15(20)12-5-2-6-13(9-12)17-14(18)10-19-8-7-11-3-1-4-11/h2,5-6,9,11H,1,3-4,7-8,10H2,(H2,16,20)(H,17,18). The van der Waals surface area contributed by atoms with Gasteiger partial charge in [-0.25, -0.2) is 0 Å². The van der Waals surface area contributed by atoms with Crippen LogP contribution in [0.1, 0.15) is 31.2 Å². The highest BCUT2D eigenvalue weighted by atomic mass is 32.1. The molecule has 0 aliphatic heterocycles. The summed E-state index contributed by atoms with van der Waals surface area (Å²) in [4.78, 5) is 12.0. The van der Waals surface area contributed by atoms with Crippen LogP contribution in [-0.4, -0.2) is 24.1 Å². The normalized spacial score (nSPS) is 14.6. The lowest BCUT2D eigenvalue weighted by molar-refractivity contribution is -0.120. The summed E-state index contributed by atoms with van der Waals surface area (Å²) in [5, 5.41) is 2.77. The molecule has 3 N–H and O–H groups in total. The second-order valence-corrected chi connectivity index (χ2v) is 5.57. The van der Waals surface area contributed by atoms with Crippen LogP contribution in [0.2, 0.25) is 0 Å². The number of carbonyl (C=O) groups is 1. The van der Waals surface area contributed by atoms with E-state index in [9.17, 15) is 4.79 Å². The van der Waals surface area contributed by atoms with Crippen LogP contribution < -0.4 is 11.1 Å². The molecule has 1 aromatic rings. The average Bonchev–Trinajstić information content (AvgIpc) is 2.36. The Morgan fingerprint density at radius 1 is 1.45 bits per heavy atom. The number of amides is 1. The predicted molar refractivity (Wildman–Crippen MR) is 83.7 cm³/mol. The van der Waals surface area contributed by atoms with Gasteiger partial charge < -0.3 is 15.8 Å². The largest absolute Gasteiger partial charge is 0.389 e. The van der Waals surface area contributed by atoms with Gasteiger partial charge in [-0.3, -0.25) is 4.79 Å². The van der Waals surface area contributed by atoms with Gasteiger partial charge in [0.2, 0.25) is 5.91 Å². The van der Waals surface area contributed by atoms with E-state index in [1.165, 1.54) is 19.3 Å². The van der Waals surface area contributed by atoms with E-state index in [-0.39, 0.29) is 12.5 Å². The van der Waals surface area contributed by atoms with Crippen LogP contribution in [-0.2, 0) is 9.53 Å². The fourth-order valence-electron chi connectivity index (χ4n) is 2.14. The molecule has 5 heteroatoms. The number of ether oxygens (including phenoxy) is 1. The summed E-state index contributed by atoms with van der Waals surface area (Å²) < 4.78 is 5.39. The van der Waals surface area contributed by atoms with Crippen molar-refractivity contribution in [3.8, 4) is 0 Å². The summed E-state index contributed by atoms with van der Waals surface area (Å²) in [6.07, 6.45) is 5.01. The molecule has 108 valence electrons. The van der Waals surface area contributed by atoms with Crippen LogP contribution in [0.4, 0.5) is 5.69 Å². The van der Waals surface area contributed by atoms with Crippen LogP contribution in [0, 0.1) is 5.92 Å². The summed E-state index contributed by atoms with van der Waals surface area (Å²) in [5.74, 6) is 0.652. The average molecular weight is 292 g/mol. The Hall–Kier alpha value is -1.46. The fraction of sp³-hybridized carbons (Fsp3) is 0.467. The highest BCUT2D eigenvalue weighted by molar-refractivity contribution is 7.80. The Morgan fingerprint density at radius 2 is 2.25 bits per heavy atom. The molecule has 0 atom stereocenters. The Labute approximate surface area is 124 Å². The van der Waals surface area contributed by atoms with Crippen LogP contribution in [0.3, 0.4) is 0 Å². The molecular formula is C15H20N2O2S. The number of nitrogens with two attached hydrogens (primary N) is 1. The maximum atomic E-state index is 11.7. The van der Waals surface area contributed by atoms with Gasteiger partial charge in [0.25, 0.3) is 0 Å². The first-order valence-electron chi connectivity index (χ1n) is 6.92. The van der Waals surface area contributed by atoms with E-state index in [0.717, 1.165) is 17.9 Å². The van der Waals surface area contributed by atoms with E-state index < -0.39 is 0 Å². The number of hydrogen-bond acceptors (Lipinski definition) is 3. The van der Waals surface area contributed by atoms with Gasteiger partial charge in [0, 0.05) is 17.9 Å². The molecule has 0 saturated heterocycles. The smallest absolute Gasteiger partial charge is 0.250 e. The summed E-state index contributed by atoms with van der Waals surface area (Å²) in [7, 11) is 0. The first-order chi connectivity index (χ1) is 9.65. The topological polar surface area (TPSA) is 64.3 Å². The molecule has 0 heterocycles. The first-order valence-corrected chi connectivity index (χ1v) is 7.33. The molecule has 1 aliphatic carbocycles. The monoisotopic (exact) mass is 292 g/mol. The second-order valence-electron chi connectivity index (χ2n) is 5.13. The Kier molecular flexibility index (Phi) is 5.49. The zero-order valence-corrected chi connectivity index (χ0v) is 12.2. The third-order valence-electron chi connectivity index (χ3n) is 3.56. The molecule has 0 radical (unpaired) electrons. The number of thiocarbonyl (C=S) groups is 1. The van der Waals surface area contributed by atoms with Gasteiger partial charge >= 0.3 is 0 Å². The van der Waals surface area contributed by atoms with Crippen molar-refractivity contribution in [1.29, 1.82) is 0 Å². The van der Waals surface area contributed by atoms with Crippen LogP contribution >= 0.6 is 12.2 Å². The van der Waals surface area contributed by atoms with Crippen molar-refractivity contribution >= 4 is 28.8 Å². The fourth-order valence-corrected chi connectivity index (χ4v) is 2.27. The van der Waals surface area contributed by atoms with Gasteiger partial charge in [0.15, 0.2) is 0 Å². The van der Waals surface area contributed by atoms with Gasteiger partial charge in [-0.15, -0.1) is 0 Å². The number of nitrogens with one attached hydrogen (secondary N) is 1. The SMILES string of the molecule is NC(=S)c1cccc(NC(=O)COCCC2CCC2)c1. The lowest BCUT2D eigenvalue weighted by Gasteiger charge is -2.24. The maximum Gasteiger partial charge on any atom is 0.250 e. The minimum absolute atomic E-state index is 0.0873. The summed E-state index contributed by atoms with van der Waals surface area (Å²) >= 11 is 4.90. The quantitative estimate of drug-likeness (QED) is 0.598. The van der Waals surface area contributed by atoms with Gasteiger partial charge in [0.05, 0.1) is 0 Å². The second kappa shape index (κ2) is 7.36. The molecule has 0 aromatic heterocycles. The van der Waals surface area contributed by atoms with E-state index in [1.54, 1.807) is 12.1 Å². The van der Waals surface area contributed by atoms with E-state index in [2.05, 4.69) is 5.32 Å². The molecule has 1 saturated carbocycles. The van der Waals surface area contributed by atoms with Crippen molar-refractivity contribution in [1.82, 2.24) is 0 Å². The number of carbonyl (C=O) groups excluding carboxylic acids is 1. The highest BCUT2D eigenvalue weighted by Gasteiger charge is 2.16. The molecule has 1 amide bonds. The molecule has 0 unspecified atom stereocenters. The van der Waals surface area contributed by atoms with Gasteiger partial charge in [-0.2, -0.15) is 0 Å². The third kappa shape index (κ3) is 4.58. The summed E-state index contributed by atoms with van der Waals surface area (Å²) in [6.45, 7) is 0.745. The van der Waals surface area contributed by atoms with E-state index in [1.807, 2.05) is 12.1 Å². The third-order valence-corrected chi connectivity index (χ3v) is 3.79. The lowest BCUT2D eigenvalue weighted by Crippen LogP contribution is -2.20. The molecular weight excluding hydrogens is 272 g/mol. The van der Waals surface area contributed by atoms with Gasteiger partial charge in [-0.05, 0) is 24.5 Å². The Balaban J connectivity index is 1.70. The summed E-state index contributed by atoms with van der Waals surface area (Å²) in [6, 6.07) is 7.18. The predicted octanol–water partition coefficient (Wildman–Crippen LogP) is 2.47. The van der Waals surface area contributed by atoms with Crippen molar-refractivity contribution in [3.05, 3.63) is 29.8 Å². The zero-order chi connectivity index (χ0) is 14.4. The molecule has 0 bridgehead atoms. The van der Waals surface area contributed by atoms with Crippen molar-refractivity contribution in [2.75, 3.05) is 18.5 Å². The lowest BCUT2D eigenvalue weighted by atomic mass is 9.83. The number of anilines is 1. The molecule has 20 heavy (non-hydrogen) atoms. The highest BCUT2D eigenvalue weighted by Crippen LogP contribution is 2.29. The number of hydrogen-bond donors (Lipinski definition) is 2. The number of benzene rings is 1. The van der Waals surface area contributed by atoms with E-state index in [0.29, 0.717) is 17.3 Å². The Bertz CT molecular complexity index is 487. The van der Waals surface area contributed by atoms with E-state index in [4.69, 9.17) is 22.7 Å². The minimum atomic E-state index is -0.154. The van der Waals surface area contributed by atoms with Crippen molar-refractivity contribution < 1.29 is 9.53 Å². The van der Waals surface area contributed by atoms with Gasteiger partial charge in [0.1, 0.15) is 11.6 Å². The van der Waals surface area contributed by atoms with Crippen LogP contribution in [0.15, 0.2) is 24.3 Å². The van der Waals surface area contributed by atoms with E-state index >= 15 is 0 Å². The Morgan fingerprint density at radius 3 is 2.90 bits per heavy atom. The van der Waals surface area contributed by atoms with Crippen LogP contribution in [0.5, 0.6) is 0 Å². The first kappa shape index (κ1) is 14.9. The maximum absolute atomic E-state index is 11.7. The van der Waals surface area contributed by atoms with Crippen molar-refractivity contribution in [3.63, 3.8) is 0 Å². The molecule has 1 aromatic carbocycles. The molecule has 1 aliphatic rings. The molecule has 1 fully saturated rings. The van der Waals surface area contributed by atoms with Crippen molar-refractivity contribution in [2.45, 2.75) is 25.7 Å². The molecule has 0 spiro atoms. The summed E-state index contributed by atoms with van der Waals surface area (Å²) in [5.41, 5.74) is 6.98. The minimum Gasteiger partial charge on any atom is -0.389 e. The van der Waals surface area contributed by atoms with Gasteiger partial charge in [-0.1, -0.05) is 43.6 Å².